The second kappa shape index (κ2) is 2.53. The number of hydrogen-bond acceptors (Lipinski definition) is 1. The standard InChI is InChI=1S/C12H18O2/c13-10(14)12-6-3-11(4-7-12,5-8-12)9-1-2-9/h9H,1-8H2,(H,13,14). The average molecular weight is 194 g/mol. The molecule has 0 unspecified atom stereocenters. The molecule has 0 aromatic carbocycles. The maximum atomic E-state index is 11.2. The van der Waals surface area contributed by atoms with Crippen molar-refractivity contribution in [3.8, 4) is 0 Å². The van der Waals surface area contributed by atoms with Gasteiger partial charge in [0.15, 0.2) is 0 Å². The summed E-state index contributed by atoms with van der Waals surface area (Å²) in [5.41, 5.74) is 0.286. The molecule has 2 nitrogen and oxygen atoms in total. The minimum Gasteiger partial charge on any atom is -0.481 e. The van der Waals surface area contributed by atoms with Crippen LogP contribution in [0.5, 0.6) is 0 Å². The van der Waals surface area contributed by atoms with Gasteiger partial charge in [0.2, 0.25) is 0 Å². The molecule has 4 rings (SSSR count). The molecule has 0 radical (unpaired) electrons. The number of hydrogen-bond donors (Lipinski definition) is 1. The van der Waals surface area contributed by atoms with Crippen LogP contribution in [0.4, 0.5) is 0 Å². The van der Waals surface area contributed by atoms with Gasteiger partial charge in [-0.3, -0.25) is 4.79 Å². The molecule has 0 heterocycles. The first-order valence-electron chi connectivity index (χ1n) is 5.90. The molecule has 4 saturated carbocycles. The molecule has 0 saturated heterocycles. The topological polar surface area (TPSA) is 37.3 Å². The molecule has 0 aromatic rings. The molecule has 4 fully saturated rings. The Balaban J connectivity index is 1.82. The fourth-order valence-electron chi connectivity index (χ4n) is 3.84. The second-order valence-corrected chi connectivity index (χ2v) is 5.72. The summed E-state index contributed by atoms with van der Waals surface area (Å²) in [4.78, 5) is 11.2. The maximum Gasteiger partial charge on any atom is 0.309 e. The molecule has 2 bridgehead atoms. The third-order valence-corrected chi connectivity index (χ3v) is 5.20. The SMILES string of the molecule is O=C(O)C12CCC(C3CC3)(CC1)CC2. The largest absolute Gasteiger partial charge is 0.481 e. The molecule has 0 amide bonds. The van der Waals surface area contributed by atoms with Gasteiger partial charge >= 0.3 is 5.97 Å². The zero-order valence-corrected chi connectivity index (χ0v) is 8.59. The van der Waals surface area contributed by atoms with Gasteiger partial charge in [-0.2, -0.15) is 0 Å². The van der Waals surface area contributed by atoms with Crippen LogP contribution >= 0.6 is 0 Å². The smallest absolute Gasteiger partial charge is 0.309 e. The monoisotopic (exact) mass is 194 g/mol. The van der Waals surface area contributed by atoms with E-state index in [4.69, 9.17) is 0 Å². The highest BCUT2D eigenvalue weighted by molar-refractivity contribution is 5.75. The van der Waals surface area contributed by atoms with Gasteiger partial charge in [-0.15, -0.1) is 0 Å². The summed E-state index contributed by atoms with van der Waals surface area (Å²) in [5.74, 6) is 0.441. The van der Waals surface area contributed by atoms with Gasteiger partial charge in [-0.1, -0.05) is 0 Å². The Morgan fingerprint density at radius 2 is 1.50 bits per heavy atom. The predicted octanol–water partition coefficient (Wildman–Crippen LogP) is 2.82. The van der Waals surface area contributed by atoms with Gasteiger partial charge in [0.05, 0.1) is 5.41 Å². The van der Waals surface area contributed by atoms with E-state index in [1.807, 2.05) is 0 Å². The molecule has 4 aliphatic rings. The molecular formula is C12H18O2. The van der Waals surface area contributed by atoms with Crippen LogP contribution in [-0.2, 0) is 4.79 Å². The van der Waals surface area contributed by atoms with Gasteiger partial charge in [-0.05, 0) is 62.7 Å². The number of carboxylic acid groups (broad SMARTS) is 1. The summed E-state index contributed by atoms with van der Waals surface area (Å²) in [6, 6.07) is 0. The van der Waals surface area contributed by atoms with Crippen LogP contribution in [0.25, 0.3) is 0 Å². The van der Waals surface area contributed by atoms with Crippen molar-refractivity contribution in [1.82, 2.24) is 0 Å². The van der Waals surface area contributed by atoms with Crippen molar-refractivity contribution >= 4 is 5.97 Å². The van der Waals surface area contributed by atoms with E-state index in [9.17, 15) is 9.90 Å². The Morgan fingerprint density at radius 3 is 1.86 bits per heavy atom. The highest BCUT2D eigenvalue weighted by atomic mass is 16.4. The average Bonchev–Trinajstić information content (AvgIpc) is 3.04. The fraction of sp³-hybridized carbons (Fsp3) is 0.917. The number of fused-ring (bicyclic) bond motifs is 3. The van der Waals surface area contributed by atoms with Gasteiger partial charge in [0.25, 0.3) is 0 Å². The van der Waals surface area contributed by atoms with E-state index in [2.05, 4.69) is 0 Å². The Labute approximate surface area is 84.7 Å². The van der Waals surface area contributed by atoms with Crippen molar-refractivity contribution in [3.63, 3.8) is 0 Å². The number of carbonyl (C=O) groups is 1. The van der Waals surface area contributed by atoms with Crippen LogP contribution in [0.15, 0.2) is 0 Å². The Morgan fingerprint density at radius 1 is 1.00 bits per heavy atom. The van der Waals surface area contributed by atoms with Crippen molar-refractivity contribution in [2.45, 2.75) is 51.4 Å². The van der Waals surface area contributed by atoms with E-state index in [1.54, 1.807) is 0 Å². The van der Waals surface area contributed by atoms with Gasteiger partial charge in [-0.25, -0.2) is 0 Å². The number of rotatable bonds is 2. The molecule has 0 atom stereocenters. The Kier molecular flexibility index (Phi) is 1.58. The van der Waals surface area contributed by atoms with E-state index in [-0.39, 0.29) is 5.41 Å². The minimum absolute atomic E-state index is 0.309. The quantitative estimate of drug-likeness (QED) is 0.734. The van der Waals surface area contributed by atoms with Crippen molar-refractivity contribution in [1.29, 1.82) is 0 Å². The fourth-order valence-corrected chi connectivity index (χ4v) is 3.84. The summed E-state index contributed by atoms with van der Waals surface area (Å²) in [5, 5.41) is 9.25. The number of aliphatic carboxylic acids is 1. The maximum absolute atomic E-state index is 11.2. The van der Waals surface area contributed by atoms with Crippen LogP contribution in [-0.4, -0.2) is 11.1 Å². The summed E-state index contributed by atoms with van der Waals surface area (Å²) >= 11 is 0. The Hall–Kier alpha value is -0.530. The molecule has 0 spiro atoms. The second-order valence-electron chi connectivity index (χ2n) is 5.72. The van der Waals surface area contributed by atoms with Crippen LogP contribution < -0.4 is 0 Å². The highest BCUT2D eigenvalue weighted by Crippen LogP contribution is 2.64. The lowest BCUT2D eigenvalue weighted by Gasteiger charge is -2.52. The van der Waals surface area contributed by atoms with E-state index >= 15 is 0 Å². The third kappa shape index (κ3) is 0.999. The van der Waals surface area contributed by atoms with E-state index in [0.717, 1.165) is 25.2 Å². The summed E-state index contributed by atoms with van der Waals surface area (Å²) < 4.78 is 0. The summed E-state index contributed by atoms with van der Waals surface area (Å²) in [6.45, 7) is 0. The molecule has 0 aromatic heterocycles. The van der Waals surface area contributed by atoms with Crippen molar-refractivity contribution in [2.24, 2.45) is 16.7 Å². The van der Waals surface area contributed by atoms with Crippen LogP contribution in [0.1, 0.15) is 51.4 Å². The molecule has 78 valence electrons. The van der Waals surface area contributed by atoms with Crippen LogP contribution in [0, 0.1) is 16.7 Å². The normalized spacial score (nSPS) is 46.6. The Bertz CT molecular complexity index is 254. The van der Waals surface area contributed by atoms with Crippen molar-refractivity contribution in [3.05, 3.63) is 0 Å². The van der Waals surface area contributed by atoms with Crippen molar-refractivity contribution in [2.75, 3.05) is 0 Å². The minimum atomic E-state index is -0.526. The first-order chi connectivity index (χ1) is 6.67. The molecule has 1 N–H and O–H groups in total. The van der Waals surface area contributed by atoms with Crippen molar-refractivity contribution < 1.29 is 9.90 Å². The van der Waals surface area contributed by atoms with Crippen LogP contribution in [0.3, 0.4) is 0 Å². The van der Waals surface area contributed by atoms with Crippen LogP contribution in [0.2, 0.25) is 0 Å². The highest BCUT2D eigenvalue weighted by Gasteiger charge is 2.57. The van der Waals surface area contributed by atoms with E-state index in [0.29, 0.717) is 5.41 Å². The first kappa shape index (κ1) is 8.75. The van der Waals surface area contributed by atoms with E-state index < -0.39 is 5.97 Å². The molecule has 0 aliphatic heterocycles. The lowest BCUT2D eigenvalue weighted by molar-refractivity contribution is -0.159. The molecule has 14 heavy (non-hydrogen) atoms. The van der Waals surface area contributed by atoms with Gasteiger partial charge in [0, 0.05) is 0 Å². The summed E-state index contributed by atoms with van der Waals surface area (Å²) in [7, 11) is 0. The number of carboxylic acids is 1. The van der Waals surface area contributed by atoms with Gasteiger partial charge in [0.1, 0.15) is 0 Å². The molecular weight excluding hydrogens is 176 g/mol. The first-order valence-corrected chi connectivity index (χ1v) is 5.90. The third-order valence-electron chi connectivity index (χ3n) is 5.20. The molecule has 2 heteroatoms. The summed E-state index contributed by atoms with van der Waals surface area (Å²) in [6.07, 6.45) is 9.30. The van der Waals surface area contributed by atoms with Gasteiger partial charge < -0.3 is 5.11 Å². The lowest BCUT2D eigenvalue weighted by atomic mass is 9.52. The van der Waals surface area contributed by atoms with E-state index in [1.165, 1.54) is 32.1 Å². The zero-order valence-electron chi connectivity index (χ0n) is 8.59. The predicted molar refractivity (Wildman–Crippen MR) is 52.9 cm³/mol. The molecule has 4 aliphatic carbocycles. The zero-order chi connectivity index (χ0) is 9.81. The lowest BCUT2D eigenvalue weighted by Crippen LogP contribution is -2.46.